The van der Waals surface area contributed by atoms with E-state index in [2.05, 4.69) is 20.1 Å². The number of hydrogen-bond donors (Lipinski definition) is 1. The van der Waals surface area contributed by atoms with Crippen LogP contribution in [0.15, 0.2) is 4.78 Å². The van der Waals surface area contributed by atoms with Crippen LogP contribution in [0.5, 0.6) is 0 Å². The summed E-state index contributed by atoms with van der Waals surface area (Å²) in [5.74, 6) is 0. The third-order valence-corrected chi connectivity index (χ3v) is 0.134. The largest absolute Gasteiger partial charge is 0.400 e. The minimum Gasteiger partial charge on any atom is -0.400 e. The molecule has 0 atom stereocenters. The molecule has 0 aliphatic carbocycles. The Bertz CT molecular complexity index is 48.8. The first-order valence-electron chi connectivity index (χ1n) is 1.07. The van der Waals surface area contributed by atoms with Crippen LogP contribution >= 0.6 is 0 Å². The van der Waals surface area contributed by atoms with Crippen LogP contribution in [-0.2, 0) is 0 Å². The SMILES string of the molecule is CO.[N-]=[N+]=N[Si]. The topological polar surface area (TPSA) is 69.0 Å². The second-order valence-corrected chi connectivity index (χ2v) is 0.389. The van der Waals surface area contributed by atoms with Crippen molar-refractivity contribution in [1.29, 1.82) is 0 Å². The van der Waals surface area contributed by atoms with Crippen LogP contribution in [0, 0.1) is 0 Å². The molecule has 0 fully saturated rings. The summed E-state index contributed by atoms with van der Waals surface area (Å²) in [6.07, 6.45) is 0. The molecule has 0 heterocycles. The van der Waals surface area contributed by atoms with Gasteiger partial charge in [-0.2, -0.15) is 0 Å². The number of aliphatic hydroxyl groups is 1. The number of rotatable bonds is 0. The van der Waals surface area contributed by atoms with Gasteiger partial charge in [-0.15, -0.1) is 4.78 Å². The lowest BCUT2D eigenvalue weighted by molar-refractivity contribution is 0.399. The van der Waals surface area contributed by atoms with Crippen molar-refractivity contribution in [3.63, 3.8) is 0 Å². The molecule has 0 saturated heterocycles. The van der Waals surface area contributed by atoms with Gasteiger partial charge in [0.1, 0.15) is 10.4 Å². The van der Waals surface area contributed by atoms with Crippen LogP contribution in [-0.4, -0.2) is 22.6 Å². The second-order valence-electron chi connectivity index (χ2n) is 0.189. The molecule has 3 radical (unpaired) electrons. The number of nitrogens with zero attached hydrogens (tertiary/aromatic N) is 3. The summed E-state index contributed by atoms with van der Waals surface area (Å²) >= 11 is 0. The summed E-state index contributed by atoms with van der Waals surface area (Å²) in [5, 5.41) is 7.00. The molecule has 0 saturated carbocycles. The molecule has 0 spiro atoms. The van der Waals surface area contributed by atoms with Crippen LogP contribution in [0.4, 0.5) is 0 Å². The quantitative estimate of drug-likeness (QED) is 0.199. The maximum Gasteiger partial charge on any atom is 0.141 e. The Morgan fingerprint density at radius 3 is 2.00 bits per heavy atom. The highest BCUT2D eigenvalue weighted by molar-refractivity contribution is 6.05. The van der Waals surface area contributed by atoms with E-state index >= 15 is 0 Å². The summed E-state index contributed by atoms with van der Waals surface area (Å²) in [6.45, 7) is 0. The minimum atomic E-state index is 1.00. The van der Waals surface area contributed by atoms with Crippen molar-refractivity contribution < 1.29 is 5.11 Å². The van der Waals surface area contributed by atoms with E-state index in [1.807, 2.05) is 0 Å². The van der Waals surface area contributed by atoms with Gasteiger partial charge in [0.05, 0.1) is 0 Å². The van der Waals surface area contributed by atoms with Gasteiger partial charge in [0.15, 0.2) is 0 Å². The Hall–Kier alpha value is -0.513. The van der Waals surface area contributed by atoms with E-state index in [-0.39, 0.29) is 0 Å². The molecule has 33 valence electrons. The average molecular weight is 102 g/mol. The molecule has 1 N–H and O–H groups in total. The van der Waals surface area contributed by atoms with Crippen molar-refractivity contribution >= 4 is 10.4 Å². The molecule has 0 aliphatic heterocycles. The Morgan fingerprint density at radius 1 is 1.83 bits per heavy atom. The maximum absolute atomic E-state index is 7.28. The summed E-state index contributed by atoms with van der Waals surface area (Å²) < 4.78 is 2.72. The molecule has 0 aromatic rings. The predicted octanol–water partition coefficient (Wildman–Crippen LogP) is -0.0113. The summed E-state index contributed by atoms with van der Waals surface area (Å²) in [6, 6.07) is 0. The van der Waals surface area contributed by atoms with Crippen molar-refractivity contribution in [3.05, 3.63) is 10.4 Å². The number of hydrogen-bond acceptors (Lipinski definition) is 2. The fourth-order valence-electron chi connectivity index (χ4n) is 0. The molecule has 0 bridgehead atoms. The van der Waals surface area contributed by atoms with Gasteiger partial charge in [0.25, 0.3) is 0 Å². The lowest BCUT2D eigenvalue weighted by Gasteiger charge is -1.33. The van der Waals surface area contributed by atoms with Gasteiger partial charge in [-0.05, 0) is 10.4 Å². The molecule has 0 amide bonds. The van der Waals surface area contributed by atoms with Gasteiger partial charge in [-0.25, -0.2) is 0 Å². The van der Waals surface area contributed by atoms with Gasteiger partial charge in [0.2, 0.25) is 0 Å². The van der Waals surface area contributed by atoms with Gasteiger partial charge in [-0.1, -0.05) is 0 Å². The first kappa shape index (κ1) is 9.09. The monoisotopic (exact) mass is 102 g/mol. The van der Waals surface area contributed by atoms with E-state index in [9.17, 15) is 0 Å². The van der Waals surface area contributed by atoms with E-state index in [4.69, 9.17) is 10.6 Å². The smallest absolute Gasteiger partial charge is 0.141 e. The summed E-state index contributed by atoms with van der Waals surface area (Å²) in [7, 11) is 3.50. The highest BCUT2D eigenvalue weighted by Gasteiger charge is 1.29. The molecule has 5 heteroatoms. The maximum atomic E-state index is 7.28. The van der Waals surface area contributed by atoms with Crippen LogP contribution in [0.3, 0.4) is 0 Å². The van der Waals surface area contributed by atoms with Crippen LogP contribution < -0.4 is 0 Å². The Labute approximate surface area is 38.9 Å². The van der Waals surface area contributed by atoms with E-state index in [1.54, 1.807) is 0 Å². The highest BCUT2D eigenvalue weighted by atomic mass is 28.2. The third-order valence-electron chi connectivity index (χ3n) is 0.0447. The van der Waals surface area contributed by atoms with Gasteiger partial charge in [0, 0.05) is 7.11 Å². The zero-order chi connectivity index (χ0) is 5.41. The number of aliphatic hydroxyl groups excluding tert-OH is 1. The summed E-state index contributed by atoms with van der Waals surface area (Å²) in [5.41, 5.74) is 7.28. The van der Waals surface area contributed by atoms with Gasteiger partial charge < -0.3 is 5.11 Å². The third kappa shape index (κ3) is 91.0. The minimum absolute atomic E-state index is 1.00. The van der Waals surface area contributed by atoms with Crippen LogP contribution in [0.1, 0.15) is 0 Å². The highest BCUT2D eigenvalue weighted by Crippen LogP contribution is 1.44. The molecule has 0 aliphatic rings. The molecule has 4 nitrogen and oxygen atoms in total. The number of azide groups is 1. The summed E-state index contributed by atoms with van der Waals surface area (Å²) in [4.78, 5) is 2.27. The van der Waals surface area contributed by atoms with E-state index in [0.717, 1.165) is 7.11 Å². The second kappa shape index (κ2) is 24.7. The first-order valence-corrected chi connectivity index (χ1v) is 1.52. The Kier molecular flexibility index (Phi) is 37.4. The molecular weight excluding hydrogens is 98.1 g/mol. The predicted molar refractivity (Wildman–Crippen MR) is 23.0 cm³/mol. The Morgan fingerprint density at radius 2 is 2.00 bits per heavy atom. The fraction of sp³-hybridized carbons (Fsp3) is 1.00. The van der Waals surface area contributed by atoms with Crippen LogP contribution in [0.2, 0.25) is 0 Å². The van der Waals surface area contributed by atoms with E-state index < -0.39 is 0 Å². The van der Waals surface area contributed by atoms with E-state index in [0.29, 0.717) is 0 Å². The lowest BCUT2D eigenvalue weighted by atomic mass is 11.8. The first-order chi connectivity index (χ1) is 2.91. The standard InChI is InChI=1S/CH4O.N3Si/c1-2;1-2-3-4/h2H,1H3;. The van der Waals surface area contributed by atoms with Crippen molar-refractivity contribution in [2.45, 2.75) is 0 Å². The zero-order valence-corrected chi connectivity index (χ0v) is 4.29. The lowest BCUT2D eigenvalue weighted by Crippen LogP contribution is -1.30. The molecule has 6 heavy (non-hydrogen) atoms. The molecule has 0 aromatic heterocycles. The molecule has 0 rings (SSSR count). The zero-order valence-electron chi connectivity index (χ0n) is 3.29. The normalized spacial score (nSPS) is 3.83. The van der Waals surface area contributed by atoms with Crippen molar-refractivity contribution in [3.8, 4) is 0 Å². The van der Waals surface area contributed by atoms with Crippen molar-refractivity contribution in [2.75, 3.05) is 7.11 Å². The fourth-order valence-corrected chi connectivity index (χ4v) is 0. The van der Waals surface area contributed by atoms with Crippen molar-refractivity contribution in [2.24, 2.45) is 4.78 Å². The van der Waals surface area contributed by atoms with Crippen molar-refractivity contribution in [1.82, 2.24) is 0 Å². The van der Waals surface area contributed by atoms with Crippen LogP contribution in [0.25, 0.3) is 10.4 Å². The molecular formula is CH4N3OSi. The van der Waals surface area contributed by atoms with E-state index in [1.165, 1.54) is 0 Å². The van der Waals surface area contributed by atoms with Gasteiger partial charge in [-0.3, -0.25) is 0 Å². The van der Waals surface area contributed by atoms with Gasteiger partial charge >= 0.3 is 0 Å². The molecule has 0 unspecified atom stereocenters. The average Bonchev–Trinajstić information content (AvgIpc) is 1.72. The molecule has 0 aromatic carbocycles. The Balaban J connectivity index is 0.